The normalized spacial score (nSPS) is 17.6. The molecule has 1 aliphatic rings. The maximum absolute atomic E-state index is 13.7. The molecule has 114 valence electrons. The van der Waals surface area contributed by atoms with Gasteiger partial charge in [-0.25, -0.2) is 9.18 Å². The third-order valence-electron chi connectivity index (χ3n) is 4.18. The number of hydrogen-bond acceptors (Lipinski definition) is 2. The van der Waals surface area contributed by atoms with Crippen LogP contribution in [-0.4, -0.2) is 31.2 Å². The average Bonchev–Trinajstić information content (AvgIpc) is 2.73. The van der Waals surface area contributed by atoms with E-state index in [1.807, 2.05) is 0 Å². The molecule has 1 aromatic heterocycles. The van der Waals surface area contributed by atoms with Gasteiger partial charge in [-0.3, -0.25) is 0 Å². The lowest BCUT2D eigenvalue weighted by molar-refractivity contribution is -0.886. The summed E-state index contributed by atoms with van der Waals surface area (Å²) in [6.07, 6.45) is 2.70. The molecule has 1 heterocycles. The summed E-state index contributed by atoms with van der Waals surface area (Å²) in [5.74, 6) is -1.12. The molecule has 0 spiro atoms. The Hall–Kier alpha value is -1.59. The van der Waals surface area contributed by atoms with E-state index in [0.29, 0.717) is 11.6 Å². The molecule has 0 radical (unpaired) electrons. The third kappa shape index (κ3) is 2.63. The molecule has 21 heavy (non-hydrogen) atoms. The zero-order chi connectivity index (χ0) is 14.4. The summed E-state index contributed by atoms with van der Waals surface area (Å²) in [6, 6.07) is 3.08. The van der Waals surface area contributed by atoms with E-state index in [0.717, 1.165) is 36.0 Å². The molecule has 0 bridgehead atoms. The Morgan fingerprint density at radius 2 is 2.14 bits per heavy atom. The molecule has 0 saturated heterocycles. The zero-order valence-electron chi connectivity index (χ0n) is 11.9. The monoisotopic (exact) mass is 313 g/mol. The minimum atomic E-state index is -1.25. The number of likely N-dealkylation sites (N-methyl/N-ethyl adjacent to an activating group) is 1. The number of fused-ring (bicyclic) bond motifs is 3. The van der Waals surface area contributed by atoms with E-state index in [-0.39, 0.29) is 18.0 Å². The summed E-state index contributed by atoms with van der Waals surface area (Å²) in [6.45, 7) is 0. The topological polar surface area (TPSA) is 54.9 Å². The lowest BCUT2D eigenvalue weighted by atomic mass is 9.91. The van der Waals surface area contributed by atoms with Crippen molar-refractivity contribution in [3.05, 3.63) is 34.8 Å². The van der Waals surface area contributed by atoms with Crippen LogP contribution in [0, 0.1) is 5.82 Å². The highest BCUT2D eigenvalue weighted by atomic mass is 35.5. The fourth-order valence-electron chi connectivity index (χ4n) is 2.96. The number of carboxylic acids is 1. The summed E-state index contributed by atoms with van der Waals surface area (Å²) in [7, 11) is 4.22. The first-order valence-electron chi connectivity index (χ1n) is 6.74. The lowest BCUT2D eigenvalue weighted by Gasteiger charge is -2.24. The van der Waals surface area contributed by atoms with Gasteiger partial charge in [-0.2, -0.15) is 0 Å². The van der Waals surface area contributed by atoms with Gasteiger partial charge < -0.3 is 26.8 Å². The van der Waals surface area contributed by atoms with Crippen molar-refractivity contribution in [2.45, 2.75) is 25.3 Å². The smallest absolute Gasteiger partial charge is 0.338 e. The Kier molecular flexibility index (Phi) is 4.25. The first-order valence-corrected chi connectivity index (χ1v) is 6.74. The van der Waals surface area contributed by atoms with E-state index in [1.54, 1.807) is 0 Å². The molecule has 4 nitrogen and oxygen atoms in total. The zero-order valence-corrected chi connectivity index (χ0v) is 12.6. The van der Waals surface area contributed by atoms with Gasteiger partial charge in [-0.1, -0.05) is 0 Å². The molecule has 1 aliphatic carbocycles. The Balaban J connectivity index is 0.00000161. The highest BCUT2D eigenvalue weighted by molar-refractivity contribution is 5.94. The number of halogens is 2. The number of carbonyl (C=O) groups is 1. The van der Waals surface area contributed by atoms with Crippen molar-refractivity contribution in [3.63, 3.8) is 0 Å². The van der Waals surface area contributed by atoms with Crippen molar-refractivity contribution in [2.24, 2.45) is 0 Å². The number of carboxylic acid groups (broad SMARTS) is 1. The van der Waals surface area contributed by atoms with Crippen LogP contribution < -0.4 is 17.3 Å². The summed E-state index contributed by atoms with van der Waals surface area (Å²) >= 11 is 0. The van der Waals surface area contributed by atoms with Gasteiger partial charge in [0, 0.05) is 36.3 Å². The largest absolute Gasteiger partial charge is 1.00 e. The fraction of sp³-hybridized carbons (Fsp3) is 0.400. The van der Waals surface area contributed by atoms with Crippen LogP contribution in [0.25, 0.3) is 11.0 Å². The van der Waals surface area contributed by atoms with Crippen LogP contribution in [-0.2, 0) is 12.8 Å². The van der Waals surface area contributed by atoms with Crippen LogP contribution in [0.3, 0.4) is 0 Å². The van der Waals surface area contributed by atoms with E-state index < -0.39 is 11.8 Å². The Morgan fingerprint density at radius 1 is 1.43 bits per heavy atom. The van der Waals surface area contributed by atoms with Crippen LogP contribution in [0.5, 0.6) is 0 Å². The molecule has 0 saturated carbocycles. The molecule has 6 heteroatoms. The molecule has 1 unspecified atom stereocenters. The van der Waals surface area contributed by atoms with Crippen molar-refractivity contribution < 1.29 is 36.0 Å². The Morgan fingerprint density at radius 3 is 2.76 bits per heavy atom. The maximum atomic E-state index is 13.7. The molecule has 0 aliphatic heterocycles. The van der Waals surface area contributed by atoms with Crippen LogP contribution in [0.2, 0.25) is 0 Å². The summed E-state index contributed by atoms with van der Waals surface area (Å²) < 4.78 is 19.4. The van der Waals surface area contributed by atoms with Crippen molar-refractivity contribution >= 4 is 16.9 Å². The van der Waals surface area contributed by atoms with E-state index >= 15 is 0 Å². The molecular weight excluding hydrogens is 297 g/mol. The van der Waals surface area contributed by atoms with Crippen molar-refractivity contribution in [1.29, 1.82) is 0 Å². The summed E-state index contributed by atoms with van der Waals surface area (Å²) in [4.78, 5) is 12.4. The van der Waals surface area contributed by atoms with Gasteiger partial charge in [0.05, 0.1) is 25.7 Å². The van der Waals surface area contributed by atoms with Crippen molar-refractivity contribution in [1.82, 2.24) is 0 Å². The number of hydrogen-bond donors (Lipinski definition) is 2. The fourth-order valence-corrected chi connectivity index (χ4v) is 2.96. The number of benzene rings is 1. The highest BCUT2D eigenvalue weighted by Crippen LogP contribution is 2.33. The Bertz CT molecular complexity index is 696. The molecule has 1 aromatic carbocycles. The molecule has 3 rings (SSSR count). The van der Waals surface area contributed by atoms with E-state index in [4.69, 9.17) is 9.52 Å². The molecule has 2 aromatic rings. The van der Waals surface area contributed by atoms with E-state index in [2.05, 4.69) is 14.1 Å². The highest BCUT2D eigenvalue weighted by Gasteiger charge is 2.28. The van der Waals surface area contributed by atoms with Crippen molar-refractivity contribution in [2.75, 3.05) is 14.1 Å². The molecule has 0 amide bonds. The van der Waals surface area contributed by atoms with Gasteiger partial charge in [-0.05, 0) is 6.07 Å². The van der Waals surface area contributed by atoms with Crippen LogP contribution in [0.4, 0.5) is 4.39 Å². The minimum Gasteiger partial charge on any atom is -1.00 e. The third-order valence-corrected chi connectivity index (χ3v) is 4.18. The van der Waals surface area contributed by atoms with Gasteiger partial charge in [0.2, 0.25) is 0 Å². The first kappa shape index (κ1) is 15.8. The predicted octanol–water partition coefficient (Wildman–Crippen LogP) is -1.72. The number of aromatic carboxylic acids is 1. The summed E-state index contributed by atoms with van der Waals surface area (Å²) in [5, 5.41) is 9.77. The predicted molar refractivity (Wildman–Crippen MR) is 71.8 cm³/mol. The van der Waals surface area contributed by atoms with Gasteiger partial charge in [-0.15, -0.1) is 0 Å². The lowest BCUT2D eigenvalue weighted by Crippen LogP contribution is -3.10. The van der Waals surface area contributed by atoms with E-state index in [9.17, 15) is 9.18 Å². The number of quaternary nitrogens is 1. The summed E-state index contributed by atoms with van der Waals surface area (Å²) in [5.41, 5.74) is 1.20. The van der Waals surface area contributed by atoms with Gasteiger partial charge in [0.1, 0.15) is 17.2 Å². The minimum absolute atomic E-state index is 0. The molecule has 2 N–H and O–H groups in total. The second-order valence-electron chi connectivity index (χ2n) is 5.65. The van der Waals surface area contributed by atoms with Crippen molar-refractivity contribution in [3.8, 4) is 0 Å². The average molecular weight is 314 g/mol. The van der Waals surface area contributed by atoms with Crippen LogP contribution in [0.1, 0.15) is 28.1 Å². The quantitative estimate of drug-likeness (QED) is 0.693. The van der Waals surface area contributed by atoms with Gasteiger partial charge in [0.15, 0.2) is 0 Å². The molecule has 0 fully saturated rings. The van der Waals surface area contributed by atoms with Crippen LogP contribution >= 0.6 is 0 Å². The SMILES string of the molecule is C[NH+](C)C1CCc2oc3cc(F)c(C(=O)O)cc3c2C1.[Cl-]. The number of furan rings is 1. The van der Waals surface area contributed by atoms with Gasteiger partial charge >= 0.3 is 5.97 Å². The molecular formula is C15H17ClFNO3. The number of rotatable bonds is 2. The Labute approximate surface area is 127 Å². The first-order chi connectivity index (χ1) is 9.47. The number of aryl methyl sites for hydroxylation is 1. The van der Waals surface area contributed by atoms with E-state index in [1.165, 1.54) is 17.0 Å². The number of nitrogens with one attached hydrogen (secondary N) is 1. The standard InChI is InChI=1S/C15H16FNO3.ClH/c1-17(2)8-3-4-13-9(5-8)10-6-11(15(18)19)12(16)7-14(10)20-13;/h6-8H,3-5H2,1-2H3,(H,18,19);1H. The maximum Gasteiger partial charge on any atom is 0.338 e. The second kappa shape index (κ2) is 5.66. The second-order valence-corrected chi connectivity index (χ2v) is 5.65. The van der Waals surface area contributed by atoms with Gasteiger partial charge in [0.25, 0.3) is 0 Å². The van der Waals surface area contributed by atoms with Crippen LogP contribution in [0.15, 0.2) is 16.5 Å². The molecule has 1 atom stereocenters.